The van der Waals surface area contributed by atoms with Crippen molar-refractivity contribution in [2.45, 2.75) is 0 Å². The minimum Gasteiger partial charge on any atom is -0.274 e. The maximum Gasteiger partial charge on any atom is 0.152 e. The molecule has 0 saturated heterocycles. The fourth-order valence-corrected chi connectivity index (χ4v) is 1.02. The number of aromatic nitrogens is 4. The van der Waals surface area contributed by atoms with Gasteiger partial charge < -0.3 is 0 Å². The Labute approximate surface area is 69.9 Å². The molecule has 0 spiro atoms. The molecule has 0 saturated carbocycles. The monoisotopic (exact) mass is 160 g/mol. The standard InChI is InChI=1S/C8H8N4/c1-3-8-10-6-4-9-12(2)5-7(6)11-8/h3-5H,1H2,2H3. The molecule has 0 aromatic rings. The Morgan fingerprint density at radius 2 is 2.17 bits per heavy atom. The van der Waals surface area contributed by atoms with Crippen molar-refractivity contribution < 1.29 is 0 Å². The second kappa shape index (κ2) is 2.41. The van der Waals surface area contributed by atoms with Crippen LogP contribution in [0.2, 0.25) is 0 Å². The zero-order valence-corrected chi connectivity index (χ0v) is 6.73. The van der Waals surface area contributed by atoms with Crippen LogP contribution in [0.4, 0.5) is 0 Å². The van der Waals surface area contributed by atoms with Gasteiger partial charge in [-0.25, -0.2) is 9.97 Å². The van der Waals surface area contributed by atoms with Crippen LogP contribution in [0.15, 0.2) is 19.0 Å². The fraction of sp³-hybridized carbons (Fsp3) is 0.125. The molecule has 4 heteroatoms. The van der Waals surface area contributed by atoms with Crippen LogP contribution in [-0.4, -0.2) is 19.7 Å². The molecule has 0 radical (unpaired) electrons. The summed E-state index contributed by atoms with van der Waals surface area (Å²) in [6.07, 6.45) is 5.14. The number of hydrogen-bond donors (Lipinski definition) is 0. The summed E-state index contributed by atoms with van der Waals surface area (Å²) >= 11 is 0. The summed E-state index contributed by atoms with van der Waals surface area (Å²) in [5, 5.41) is 4.03. The summed E-state index contributed by atoms with van der Waals surface area (Å²) in [6.45, 7) is 3.60. The smallest absolute Gasteiger partial charge is 0.152 e. The number of hydrogen-bond acceptors (Lipinski definition) is 3. The summed E-state index contributed by atoms with van der Waals surface area (Å²) in [7, 11) is 1.85. The van der Waals surface area contributed by atoms with E-state index < -0.39 is 0 Å². The molecule has 0 aromatic heterocycles. The van der Waals surface area contributed by atoms with Gasteiger partial charge in [-0.3, -0.25) is 4.68 Å². The Morgan fingerprint density at radius 3 is 2.92 bits per heavy atom. The number of nitrogens with zero attached hydrogens (tertiary/aromatic N) is 4. The summed E-state index contributed by atoms with van der Waals surface area (Å²) in [6, 6.07) is 0. The van der Waals surface area contributed by atoms with Crippen molar-refractivity contribution in [1.82, 2.24) is 19.7 Å². The van der Waals surface area contributed by atoms with Crippen LogP contribution >= 0.6 is 0 Å². The lowest BCUT2D eigenvalue weighted by molar-refractivity contribution is 0.737. The van der Waals surface area contributed by atoms with Gasteiger partial charge in [-0.05, 0) is 6.08 Å². The van der Waals surface area contributed by atoms with E-state index >= 15 is 0 Å². The van der Waals surface area contributed by atoms with Crippen LogP contribution in [0.25, 0.3) is 17.5 Å². The molecule has 0 aliphatic carbocycles. The molecule has 0 bridgehead atoms. The summed E-state index contributed by atoms with van der Waals surface area (Å²) in [5.74, 6) is 0.651. The van der Waals surface area contributed by atoms with Gasteiger partial charge in [0.15, 0.2) is 5.82 Å². The van der Waals surface area contributed by atoms with Gasteiger partial charge in [-0.15, -0.1) is 0 Å². The van der Waals surface area contributed by atoms with Gasteiger partial charge in [0.05, 0.1) is 12.4 Å². The van der Waals surface area contributed by atoms with Crippen molar-refractivity contribution in [1.29, 1.82) is 0 Å². The lowest BCUT2D eigenvalue weighted by Crippen LogP contribution is -1.96. The molecule has 60 valence electrons. The molecule has 0 amide bonds. The zero-order valence-electron chi connectivity index (χ0n) is 6.73. The summed E-state index contributed by atoms with van der Waals surface area (Å²) in [4.78, 5) is 8.37. The molecule has 0 unspecified atom stereocenters. The van der Waals surface area contributed by atoms with Crippen LogP contribution in [0.5, 0.6) is 0 Å². The third kappa shape index (κ3) is 0.972. The Hall–Kier alpha value is -1.71. The highest BCUT2D eigenvalue weighted by molar-refractivity contribution is 5.57. The van der Waals surface area contributed by atoms with Gasteiger partial charge in [0.25, 0.3) is 0 Å². The van der Waals surface area contributed by atoms with Crippen molar-refractivity contribution in [3.05, 3.63) is 24.8 Å². The van der Waals surface area contributed by atoms with Crippen molar-refractivity contribution >= 4 is 6.08 Å². The van der Waals surface area contributed by atoms with E-state index in [9.17, 15) is 0 Å². The highest BCUT2D eigenvalue weighted by Gasteiger charge is 2.08. The average Bonchev–Trinajstić information content (AvgIpc) is 2.46. The Bertz CT molecular complexity index is 390. The third-order valence-corrected chi connectivity index (χ3v) is 1.59. The molecular formula is C8H8N4. The van der Waals surface area contributed by atoms with Crippen LogP contribution in [-0.2, 0) is 7.05 Å². The number of imidazole rings is 1. The van der Waals surface area contributed by atoms with Crippen molar-refractivity contribution in [3.8, 4) is 11.4 Å². The topological polar surface area (TPSA) is 43.6 Å². The van der Waals surface area contributed by atoms with E-state index in [1.165, 1.54) is 0 Å². The first-order chi connectivity index (χ1) is 5.79. The van der Waals surface area contributed by atoms with E-state index in [2.05, 4.69) is 21.6 Å². The molecule has 2 rings (SSSR count). The van der Waals surface area contributed by atoms with E-state index in [4.69, 9.17) is 0 Å². The molecular weight excluding hydrogens is 152 g/mol. The Morgan fingerprint density at radius 1 is 1.42 bits per heavy atom. The number of aryl methyl sites for hydroxylation is 1. The third-order valence-electron chi connectivity index (χ3n) is 1.59. The van der Waals surface area contributed by atoms with E-state index in [0.717, 1.165) is 11.4 Å². The molecule has 0 N–H and O–H groups in total. The van der Waals surface area contributed by atoms with Crippen LogP contribution < -0.4 is 0 Å². The minimum absolute atomic E-state index is 0.651. The first-order valence-corrected chi connectivity index (χ1v) is 3.58. The number of rotatable bonds is 1. The van der Waals surface area contributed by atoms with Crippen LogP contribution in [0.3, 0.4) is 0 Å². The average molecular weight is 160 g/mol. The minimum atomic E-state index is 0.651. The van der Waals surface area contributed by atoms with Crippen LogP contribution in [0, 0.1) is 0 Å². The maximum absolute atomic E-state index is 4.20. The lowest BCUT2D eigenvalue weighted by Gasteiger charge is -1.96. The summed E-state index contributed by atoms with van der Waals surface area (Å²) < 4.78 is 1.70. The molecule has 0 aromatic carbocycles. The van der Waals surface area contributed by atoms with Gasteiger partial charge in [0, 0.05) is 7.05 Å². The SMILES string of the molecule is C=Cc1nc2cnn(C)cc-2n1. The lowest BCUT2D eigenvalue weighted by atomic mass is 10.4. The van der Waals surface area contributed by atoms with Gasteiger partial charge in [-0.2, -0.15) is 5.10 Å². The Balaban J connectivity index is 2.68. The van der Waals surface area contributed by atoms with Crippen molar-refractivity contribution in [3.63, 3.8) is 0 Å². The first kappa shape index (κ1) is 6.97. The van der Waals surface area contributed by atoms with E-state index in [1.807, 2.05) is 13.2 Å². The van der Waals surface area contributed by atoms with Gasteiger partial charge in [-0.1, -0.05) is 6.58 Å². The normalized spacial score (nSPS) is 10.4. The van der Waals surface area contributed by atoms with Crippen molar-refractivity contribution in [2.24, 2.45) is 7.05 Å². The van der Waals surface area contributed by atoms with E-state index in [1.54, 1.807) is 17.0 Å². The molecule has 2 aliphatic rings. The highest BCUT2D eigenvalue weighted by atomic mass is 15.2. The second-order valence-corrected chi connectivity index (χ2v) is 2.50. The first-order valence-electron chi connectivity index (χ1n) is 3.58. The molecule has 0 atom stereocenters. The van der Waals surface area contributed by atoms with Gasteiger partial charge >= 0.3 is 0 Å². The second-order valence-electron chi connectivity index (χ2n) is 2.50. The predicted octanol–water partition coefficient (Wildman–Crippen LogP) is 0.958. The molecule has 12 heavy (non-hydrogen) atoms. The molecule has 0 fully saturated rings. The largest absolute Gasteiger partial charge is 0.274 e. The van der Waals surface area contributed by atoms with E-state index in [-0.39, 0.29) is 0 Å². The maximum atomic E-state index is 4.20. The van der Waals surface area contributed by atoms with Crippen LogP contribution in [0.1, 0.15) is 5.82 Å². The quantitative estimate of drug-likeness (QED) is 0.624. The number of fused-ring (bicyclic) bond motifs is 1. The zero-order chi connectivity index (χ0) is 8.55. The van der Waals surface area contributed by atoms with Gasteiger partial charge in [0.2, 0.25) is 0 Å². The summed E-state index contributed by atoms with van der Waals surface area (Å²) in [5.41, 5.74) is 1.66. The van der Waals surface area contributed by atoms with Gasteiger partial charge in [0.1, 0.15) is 11.4 Å². The predicted molar refractivity (Wildman–Crippen MR) is 45.5 cm³/mol. The highest BCUT2D eigenvalue weighted by Crippen LogP contribution is 2.15. The molecule has 4 nitrogen and oxygen atoms in total. The Kier molecular flexibility index (Phi) is 1.40. The van der Waals surface area contributed by atoms with Crippen molar-refractivity contribution in [2.75, 3.05) is 0 Å². The molecule has 2 aliphatic heterocycles. The fourth-order valence-electron chi connectivity index (χ4n) is 1.02. The van der Waals surface area contributed by atoms with E-state index in [0.29, 0.717) is 5.82 Å². The molecule has 2 heterocycles.